The molecule has 0 saturated carbocycles. The van der Waals surface area contributed by atoms with E-state index in [1.165, 1.54) is 23.1 Å². The first-order valence-corrected chi connectivity index (χ1v) is 9.51. The van der Waals surface area contributed by atoms with E-state index in [0.717, 1.165) is 11.0 Å². The van der Waals surface area contributed by atoms with Gasteiger partial charge in [0.1, 0.15) is 10.7 Å². The molecule has 1 fully saturated rings. The highest BCUT2D eigenvalue weighted by molar-refractivity contribution is 7.80. The second-order valence-corrected chi connectivity index (χ2v) is 7.22. The number of hydrogen-bond acceptors (Lipinski definition) is 5. The normalized spacial score (nSPS) is 13.8. The standard InChI is InChI=1S/C18H13ClF4N4O3S/c19-11-12(20)14(22)16(15(23)13(11)21)25-4-6-26(7-5-25)18(31)24-17(28)9-2-1-3-10(8-9)27(29)30/h1-3,8H,4-7H2,(H,24,28,31). The Hall–Kier alpha value is -2.99. The molecule has 3 rings (SSSR count). The number of non-ortho nitro benzene ring substituents is 1. The molecule has 1 heterocycles. The Bertz CT molecular complexity index is 1050. The summed E-state index contributed by atoms with van der Waals surface area (Å²) >= 11 is 10.4. The molecule has 1 saturated heterocycles. The molecule has 164 valence electrons. The number of carbonyl (C=O) groups is 1. The van der Waals surface area contributed by atoms with Gasteiger partial charge in [-0.25, -0.2) is 17.6 Å². The number of benzene rings is 2. The highest BCUT2D eigenvalue weighted by Crippen LogP contribution is 2.33. The summed E-state index contributed by atoms with van der Waals surface area (Å²) in [5.74, 6) is -7.23. The van der Waals surface area contributed by atoms with Gasteiger partial charge in [-0.3, -0.25) is 20.2 Å². The molecule has 31 heavy (non-hydrogen) atoms. The Balaban J connectivity index is 1.66. The van der Waals surface area contributed by atoms with Crippen LogP contribution in [-0.4, -0.2) is 47.0 Å². The van der Waals surface area contributed by atoms with Crippen molar-refractivity contribution in [1.82, 2.24) is 10.2 Å². The van der Waals surface area contributed by atoms with Gasteiger partial charge in [-0.15, -0.1) is 0 Å². The summed E-state index contributed by atoms with van der Waals surface area (Å²) in [5.41, 5.74) is -1.12. The SMILES string of the molecule is O=C(NC(=S)N1CCN(c2c(F)c(F)c(Cl)c(F)c2F)CC1)c1cccc([N+](=O)[O-])c1. The van der Waals surface area contributed by atoms with E-state index in [1.54, 1.807) is 0 Å². The van der Waals surface area contributed by atoms with Gasteiger partial charge in [-0.1, -0.05) is 17.7 Å². The monoisotopic (exact) mass is 476 g/mol. The van der Waals surface area contributed by atoms with Gasteiger partial charge in [-0.05, 0) is 18.3 Å². The van der Waals surface area contributed by atoms with Crippen LogP contribution < -0.4 is 10.2 Å². The van der Waals surface area contributed by atoms with E-state index in [9.17, 15) is 32.5 Å². The van der Waals surface area contributed by atoms with Gasteiger partial charge in [0.15, 0.2) is 28.4 Å². The van der Waals surface area contributed by atoms with E-state index in [1.807, 2.05) is 0 Å². The summed E-state index contributed by atoms with van der Waals surface area (Å²) in [6.45, 7) is 0.0555. The smallest absolute Gasteiger partial charge is 0.270 e. The lowest BCUT2D eigenvalue weighted by molar-refractivity contribution is -0.384. The topological polar surface area (TPSA) is 78.7 Å². The quantitative estimate of drug-likeness (QED) is 0.182. The summed E-state index contributed by atoms with van der Waals surface area (Å²) in [6.07, 6.45) is 0. The lowest BCUT2D eigenvalue weighted by Crippen LogP contribution is -2.53. The van der Waals surface area contributed by atoms with E-state index < -0.39 is 44.8 Å². The first kappa shape index (κ1) is 22.7. The summed E-state index contributed by atoms with van der Waals surface area (Å²) in [4.78, 5) is 25.1. The van der Waals surface area contributed by atoms with Gasteiger partial charge >= 0.3 is 0 Å². The van der Waals surface area contributed by atoms with Gasteiger partial charge in [-0.2, -0.15) is 0 Å². The number of amides is 1. The Labute approximate surface area is 183 Å². The van der Waals surface area contributed by atoms with E-state index in [2.05, 4.69) is 5.32 Å². The minimum Gasteiger partial charge on any atom is -0.363 e. The van der Waals surface area contributed by atoms with E-state index in [4.69, 9.17) is 23.8 Å². The fourth-order valence-corrected chi connectivity index (χ4v) is 3.45. The molecule has 2 aromatic carbocycles. The van der Waals surface area contributed by atoms with E-state index in [0.29, 0.717) is 0 Å². The number of halogens is 5. The summed E-state index contributed by atoms with van der Waals surface area (Å²) in [6, 6.07) is 5.04. The van der Waals surface area contributed by atoms with Crippen molar-refractivity contribution in [2.75, 3.05) is 31.1 Å². The van der Waals surface area contributed by atoms with Crippen molar-refractivity contribution in [3.05, 3.63) is 68.2 Å². The minimum absolute atomic E-state index is 0.00873. The first-order chi connectivity index (χ1) is 14.6. The molecule has 2 aromatic rings. The largest absolute Gasteiger partial charge is 0.363 e. The van der Waals surface area contributed by atoms with Crippen molar-refractivity contribution >= 4 is 46.2 Å². The molecule has 0 aromatic heterocycles. The average Bonchev–Trinajstić information content (AvgIpc) is 2.77. The van der Waals surface area contributed by atoms with Gasteiger partial charge in [0.05, 0.1) is 4.92 Å². The van der Waals surface area contributed by atoms with Gasteiger partial charge < -0.3 is 9.80 Å². The van der Waals surface area contributed by atoms with Crippen LogP contribution in [0.4, 0.5) is 28.9 Å². The number of hydrogen-bond donors (Lipinski definition) is 1. The Morgan fingerprint density at radius 2 is 1.65 bits per heavy atom. The third-order valence-electron chi connectivity index (χ3n) is 4.61. The Kier molecular flexibility index (Phi) is 6.60. The molecule has 0 unspecified atom stereocenters. The minimum atomic E-state index is -1.68. The van der Waals surface area contributed by atoms with Crippen molar-refractivity contribution in [2.45, 2.75) is 0 Å². The molecule has 0 atom stereocenters. The number of nitrogens with zero attached hydrogens (tertiary/aromatic N) is 3. The predicted octanol–water partition coefficient (Wildman–Crippen LogP) is 3.64. The number of piperazine rings is 1. The van der Waals surface area contributed by atoms with Crippen molar-refractivity contribution < 1.29 is 27.3 Å². The molecule has 1 amide bonds. The van der Waals surface area contributed by atoms with Crippen molar-refractivity contribution in [2.24, 2.45) is 0 Å². The molecule has 13 heteroatoms. The molecular weight excluding hydrogens is 464 g/mol. The highest BCUT2D eigenvalue weighted by Gasteiger charge is 2.30. The average molecular weight is 477 g/mol. The van der Waals surface area contributed by atoms with Crippen LogP contribution in [0.2, 0.25) is 5.02 Å². The number of anilines is 1. The van der Waals surface area contributed by atoms with Gasteiger partial charge in [0.25, 0.3) is 11.6 Å². The third-order valence-corrected chi connectivity index (χ3v) is 5.30. The van der Waals surface area contributed by atoms with Gasteiger partial charge in [0, 0.05) is 43.9 Å². The number of rotatable bonds is 3. The van der Waals surface area contributed by atoms with Crippen LogP contribution >= 0.6 is 23.8 Å². The molecule has 0 spiro atoms. The number of nitro benzene ring substituents is 1. The zero-order chi connectivity index (χ0) is 22.9. The second kappa shape index (κ2) is 9.02. The third kappa shape index (κ3) is 4.54. The van der Waals surface area contributed by atoms with Crippen LogP contribution in [0.15, 0.2) is 24.3 Å². The lowest BCUT2D eigenvalue weighted by atomic mass is 10.2. The fraction of sp³-hybridized carbons (Fsp3) is 0.222. The van der Waals surface area contributed by atoms with E-state index in [-0.39, 0.29) is 42.5 Å². The molecule has 1 aliphatic heterocycles. The van der Waals surface area contributed by atoms with Crippen LogP contribution in [0.25, 0.3) is 0 Å². The number of thiocarbonyl (C=S) groups is 1. The van der Waals surface area contributed by atoms with Crippen LogP contribution in [0, 0.1) is 33.4 Å². The zero-order valence-corrected chi connectivity index (χ0v) is 17.1. The van der Waals surface area contributed by atoms with Gasteiger partial charge in [0.2, 0.25) is 0 Å². The number of carbonyl (C=O) groups excluding carboxylic acids is 1. The number of nitro groups is 1. The molecule has 0 aliphatic carbocycles. The highest BCUT2D eigenvalue weighted by atomic mass is 35.5. The Morgan fingerprint density at radius 1 is 1.06 bits per heavy atom. The molecule has 0 radical (unpaired) electrons. The molecule has 7 nitrogen and oxygen atoms in total. The van der Waals surface area contributed by atoms with Crippen LogP contribution in [0.3, 0.4) is 0 Å². The molecule has 1 N–H and O–H groups in total. The predicted molar refractivity (Wildman–Crippen MR) is 108 cm³/mol. The van der Waals surface area contributed by atoms with Crippen LogP contribution in [-0.2, 0) is 0 Å². The molecule has 1 aliphatic rings. The van der Waals surface area contributed by atoms with Crippen LogP contribution in [0.1, 0.15) is 10.4 Å². The summed E-state index contributed by atoms with van der Waals surface area (Å²) in [5, 5.41) is 12.0. The number of nitrogens with one attached hydrogen (secondary N) is 1. The molecule has 0 bridgehead atoms. The Morgan fingerprint density at radius 3 is 2.19 bits per heavy atom. The maximum Gasteiger partial charge on any atom is 0.270 e. The van der Waals surface area contributed by atoms with Crippen molar-refractivity contribution in [1.29, 1.82) is 0 Å². The van der Waals surface area contributed by atoms with Crippen molar-refractivity contribution in [3.63, 3.8) is 0 Å². The second-order valence-electron chi connectivity index (χ2n) is 6.46. The molecular formula is C18H13ClF4N4O3S. The van der Waals surface area contributed by atoms with Crippen LogP contribution in [0.5, 0.6) is 0 Å². The lowest BCUT2D eigenvalue weighted by Gasteiger charge is -2.37. The maximum absolute atomic E-state index is 14.1. The first-order valence-electron chi connectivity index (χ1n) is 8.73. The van der Waals surface area contributed by atoms with E-state index >= 15 is 0 Å². The zero-order valence-electron chi connectivity index (χ0n) is 15.5. The maximum atomic E-state index is 14.1. The summed E-state index contributed by atoms with van der Waals surface area (Å²) < 4.78 is 55.7. The fourth-order valence-electron chi connectivity index (χ4n) is 3.01. The summed E-state index contributed by atoms with van der Waals surface area (Å²) in [7, 11) is 0. The van der Waals surface area contributed by atoms with Crippen molar-refractivity contribution in [3.8, 4) is 0 Å².